The summed E-state index contributed by atoms with van der Waals surface area (Å²) in [5, 5.41) is 0. The van der Waals surface area contributed by atoms with Crippen LogP contribution in [0.2, 0.25) is 0 Å². The minimum absolute atomic E-state index is 0.00547. The molecule has 0 N–H and O–H groups in total. The number of amides is 2. The monoisotopic (exact) mass is 308 g/mol. The van der Waals surface area contributed by atoms with Gasteiger partial charge in [0.15, 0.2) is 0 Å². The van der Waals surface area contributed by atoms with Gasteiger partial charge >= 0.3 is 0 Å². The Morgan fingerprint density at radius 3 is 2.14 bits per heavy atom. The molecule has 4 heteroatoms. The molecule has 0 aromatic heterocycles. The Bertz CT molecular complexity index is 438. The number of nitrogens with zero attached hydrogens (tertiary/aromatic N) is 2. The molecule has 2 aliphatic rings. The van der Waals surface area contributed by atoms with Crippen LogP contribution in [0.4, 0.5) is 0 Å². The zero-order valence-electron chi connectivity index (χ0n) is 15.1. The highest BCUT2D eigenvalue weighted by molar-refractivity contribution is 6.03. The number of unbranched alkanes of at least 4 members (excludes halogenated alkanes) is 1. The van der Waals surface area contributed by atoms with Gasteiger partial charge in [-0.1, -0.05) is 19.8 Å². The van der Waals surface area contributed by atoms with Crippen molar-refractivity contribution in [2.75, 3.05) is 7.05 Å². The Balaban J connectivity index is 2.17. The van der Waals surface area contributed by atoms with Crippen molar-refractivity contribution in [1.29, 1.82) is 0 Å². The van der Waals surface area contributed by atoms with Crippen LogP contribution in [0.5, 0.6) is 0 Å². The van der Waals surface area contributed by atoms with Crippen LogP contribution in [-0.2, 0) is 9.59 Å². The molecule has 0 radical (unpaired) electrons. The molecule has 1 atom stereocenters. The van der Waals surface area contributed by atoms with Crippen molar-refractivity contribution < 1.29 is 9.59 Å². The van der Waals surface area contributed by atoms with E-state index in [0.717, 1.165) is 32.1 Å². The number of carbonyl (C=O) groups is 2. The highest BCUT2D eigenvalue weighted by Crippen LogP contribution is 2.41. The minimum Gasteiger partial charge on any atom is -0.296 e. The largest absolute Gasteiger partial charge is 0.296 e. The number of hydrogen-bond donors (Lipinski definition) is 0. The molecule has 2 fully saturated rings. The summed E-state index contributed by atoms with van der Waals surface area (Å²) in [6.45, 7) is 11.0. The third kappa shape index (κ3) is 3.08. The third-order valence-corrected chi connectivity index (χ3v) is 5.83. The minimum atomic E-state index is -0.0710. The molecule has 1 unspecified atom stereocenters. The molecule has 2 aliphatic heterocycles. The molecule has 2 rings (SSSR count). The first-order chi connectivity index (χ1) is 10.1. The number of rotatable bonds is 4. The van der Waals surface area contributed by atoms with E-state index < -0.39 is 0 Å². The lowest BCUT2D eigenvalue weighted by atomic mass is 9.77. The van der Waals surface area contributed by atoms with Crippen molar-refractivity contribution in [2.45, 2.75) is 90.3 Å². The summed E-state index contributed by atoms with van der Waals surface area (Å²) in [5.74, 6) is 0.0604. The molecule has 4 nitrogen and oxygen atoms in total. The van der Waals surface area contributed by atoms with E-state index in [1.165, 1.54) is 0 Å². The second-order valence-corrected chi connectivity index (χ2v) is 8.39. The van der Waals surface area contributed by atoms with Crippen LogP contribution < -0.4 is 0 Å². The average Bonchev–Trinajstić information content (AvgIpc) is 2.67. The SMILES string of the molecule is CCCCC1CC(=O)N(C2CC(C)(C)N(C)C(C)(C)C2)C1=O. The molecule has 22 heavy (non-hydrogen) atoms. The fourth-order valence-corrected chi connectivity index (χ4v) is 4.28. The fraction of sp³-hybridized carbons (Fsp3) is 0.889. The highest BCUT2D eigenvalue weighted by atomic mass is 16.2. The third-order valence-electron chi connectivity index (χ3n) is 5.83. The van der Waals surface area contributed by atoms with Crippen molar-refractivity contribution in [3.63, 3.8) is 0 Å². The molecule has 0 aromatic rings. The molecule has 0 spiro atoms. The van der Waals surface area contributed by atoms with Gasteiger partial charge < -0.3 is 0 Å². The van der Waals surface area contributed by atoms with Crippen molar-refractivity contribution >= 4 is 11.8 Å². The lowest BCUT2D eigenvalue weighted by Crippen LogP contribution is -2.63. The summed E-state index contributed by atoms with van der Waals surface area (Å²) in [7, 11) is 2.15. The molecule has 0 bridgehead atoms. The Morgan fingerprint density at radius 1 is 1.09 bits per heavy atom. The van der Waals surface area contributed by atoms with E-state index in [1.54, 1.807) is 4.90 Å². The van der Waals surface area contributed by atoms with E-state index in [1.807, 2.05) is 0 Å². The zero-order valence-corrected chi connectivity index (χ0v) is 15.1. The van der Waals surface area contributed by atoms with Crippen LogP contribution in [0, 0.1) is 5.92 Å². The molecule has 2 amide bonds. The van der Waals surface area contributed by atoms with Crippen LogP contribution in [-0.4, -0.2) is 45.8 Å². The number of carbonyl (C=O) groups excluding carboxylic acids is 2. The van der Waals surface area contributed by atoms with Crippen molar-refractivity contribution in [3.05, 3.63) is 0 Å². The van der Waals surface area contributed by atoms with Gasteiger partial charge in [-0.15, -0.1) is 0 Å². The predicted molar refractivity (Wildman–Crippen MR) is 88.4 cm³/mol. The predicted octanol–water partition coefficient (Wildman–Crippen LogP) is 3.20. The van der Waals surface area contributed by atoms with Gasteiger partial charge in [0.25, 0.3) is 0 Å². The van der Waals surface area contributed by atoms with E-state index in [0.29, 0.717) is 6.42 Å². The standard InChI is InChI=1S/C18H32N2O2/c1-7-8-9-13-10-15(21)20(16(13)22)14-11-17(2,3)19(6)18(4,5)12-14/h13-14H,7-12H2,1-6H3. The topological polar surface area (TPSA) is 40.6 Å². The van der Waals surface area contributed by atoms with E-state index in [2.05, 4.69) is 46.6 Å². The number of hydrogen-bond acceptors (Lipinski definition) is 3. The van der Waals surface area contributed by atoms with E-state index in [-0.39, 0.29) is 34.9 Å². The van der Waals surface area contributed by atoms with Crippen molar-refractivity contribution in [2.24, 2.45) is 5.92 Å². The van der Waals surface area contributed by atoms with Gasteiger partial charge in [0, 0.05) is 29.5 Å². The normalized spacial score (nSPS) is 29.4. The summed E-state index contributed by atoms with van der Waals surface area (Å²) >= 11 is 0. The Kier molecular flexibility index (Phi) is 4.72. The first-order valence-corrected chi connectivity index (χ1v) is 8.70. The van der Waals surface area contributed by atoms with Crippen molar-refractivity contribution in [1.82, 2.24) is 9.80 Å². The van der Waals surface area contributed by atoms with Gasteiger partial charge in [-0.05, 0) is 54.0 Å². The van der Waals surface area contributed by atoms with Gasteiger partial charge in [0.2, 0.25) is 11.8 Å². The van der Waals surface area contributed by atoms with Crippen LogP contribution in [0.15, 0.2) is 0 Å². The second kappa shape index (κ2) is 5.95. The summed E-state index contributed by atoms with van der Waals surface area (Å²) in [6, 6.07) is 0.0489. The Morgan fingerprint density at radius 2 is 1.64 bits per heavy atom. The number of imide groups is 1. The molecule has 2 saturated heterocycles. The van der Waals surface area contributed by atoms with Gasteiger partial charge in [0.05, 0.1) is 0 Å². The van der Waals surface area contributed by atoms with E-state index in [9.17, 15) is 9.59 Å². The molecule has 2 heterocycles. The first-order valence-electron chi connectivity index (χ1n) is 8.70. The van der Waals surface area contributed by atoms with Crippen LogP contribution in [0.25, 0.3) is 0 Å². The van der Waals surface area contributed by atoms with E-state index >= 15 is 0 Å². The Hall–Kier alpha value is -0.900. The van der Waals surface area contributed by atoms with E-state index in [4.69, 9.17) is 0 Å². The number of likely N-dealkylation sites (tertiary alicyclic amines) is 2. The van der Waals surface area contributed by atoms with Crippen LogP contribution in [0.1, 0.15) is 73.1 Å². The summed E-state index contributed by atoms with van der Waals surface area (Å²) in [4.78, 5) is 29.2. The van der Waals surface area contributed by atoms with Crippen molar-refractivity contribution in [3.8, 4) is 0 Å². The smallest absolute Gasteiger partial charge is 0.233 e. The molecular formula is C18H32N2O2. The highest BCUT2D eigenvalue weighted by Gasteiger charge is 2.50. The van der Waals surface area contributed by atoms with Gasteiger partial charge in [0.1, 0.15) is 0 Å². The summed E-state index contributed by atoms with van der Waals surface area (Å²) in [5.41, 5.74) is -0.0109. The van der Waals surface area contributed by atoms with Crippen LogP contribution >= 0.6 is 0 Å². The summed E-state index contributed by atoms with van der Waals surface area (Å²) in [6.07, 6.45) is 5.12. The zero-order chi connectivity index (χ0) is 16.7. The summed E-state index contributed by atoms with van der Waals surface area (Å²) < 4.78 is 0. The maximum Gasteiger partial charge on any atom is 0.233 e. The molecule has 0 aliphatic carbocycles. The number of piperidine rings is 1. The molecule has 126 valence electrons. The lowest BCUT2D eigenvalue weighted by molar-refractivity contribution is -0.146. The quantitative estimate of drug-likeness (QED) is 0.749. The maximum absolute atomic E-state index is 12.7. The van der Waals surface area contributed by atoms with Gasteiger partial charge in [-0.2, -0.15) is 0 Å². The fourth-order valence-electron chi connectivity index (χ4n) is 4.28. The van der Waals surface area contributed by atoms with Gasteiger partial charge in [-0.25, -0.2) is 0 Å². The Labute approximate surface area is 135 Å². The first kappa shape index (κ1) is 17.5. The van der Waals surface area contributed by atoms with Gasteiger partial charge in [-0.3, -0.25) is 19.4 Å². The molecule has 0 aromatic carbocycles. The van der Waals surface area contributed by atoms with Crippen LogP contribution in [0.3, 0.4) is 0 Å². The average molecular weight is 308 g/mol. The second-order valence-electron chi connectivity index (χ2n) is 8.39. The lowest BCUT2D eigenvalue weighted by Gasteiger charge is -2.54. The molecular weight excluding hydrogens is 276 g/mol. The molecule has 0 saturated carbocycles. The maximum atomic E-state index is 12.7.